The van der Waals surface area contributed by atoms with Gasteiger partial charge in [0.25, 0.3) is 0 Å². The van der Waals surface area contributed by atoms with Gasteiger partial charge in [0.1, 0.15) is 0 Å². The number of hydrogen-bond donors (Lipinski definition) is 1. The van der Waals surface area contributed by atoms with Crippen molar-refractivity contribution in [1.29, 1.82) is 0 Å². The van der Waals surface area contributed by atoms with Crippen LogP contribution >= 0.6 is 15.9 Å². The third-order valence-electron chi connectivity index (χ3n) is 3.86. The van der Waals surface area contributed by atoms with E-state index < -0.39 is 10.0 Å². The van der Waals surface area contributed by atoms with Gasteiger partial charge in [-0.05, 0) is 42.5 Å². The van der Waals surface area contributed by atoms with E-state index >= 15 is 0 Å². The maximum Gasteiger partial charge on any atom is 0.243 e. The summed E-state index contributed by atoms with van der Waals surface area (Å²) < 4.78 is 33.1. The molecule has 118 valence electrons. The Bertz CT molecular complexity index is 619. The number of rotatable bonds is 5. The minimum atomic E-state index is -3.48. The Morgan fingerprint density at radius 2 is 2.19 bits per heavy atom. The van der Waals surface area contributed by atoms with E-state index in [1.165, 1.54) is 0 Å². The van der Waals surface area contributed by atoms with E-state index in [0.29, 0.717) is 31.1 Å². The average molecular weight is 377 g/mol. The van der Waals surface area contributed by atoms with E-state index in [1.807, 2.05) is 6.07 Å². The fourth-order valence-electron chi connectivity index (χ4n) is 2.62. The molecule has 2 N–H and O–H groups in total. The number of methoxy groups -OCH3 is 1. The molecule has 1 aliphatic heterocycles. The Balaban J connectivity index is 2.34. The third kappa shape index (κ3) is 3.48. The number of nitrogens with two attached hydrogens (primary N) is 1. The molecule has 1 saturated heterocycles. The molecule has 0 amide bonds. The van der Waals surface area contributed by atoms with Gasteiger partial charge >= 0.3 is 0 Å². The van der Waals surface area contributed by atoms with Crippen LogP contribution in [-0.2, 0) is 21.3 Å². The van der Waals surface area contributed by atoms with Crippen molar-refractivity contribution in [2.45, 2.75) is 24.8 Å². The predicted octanol–water partition coefficient (Wildman–Crippen LogP) is 1.87. The molecular weight excluding hydrogens is 356 g/mol. The molecule has 1 fully saturated rings. The van der Waals surface area contributed by atoms with Crippen LogP contribution in [0.25, 0.3) is 0 Å². The van der Waals surface area contributed by atoms with E-state index in [4.69, 9.17) is 10.5 Å². The molecule has 0 bridgehead atoms. The van der Waals surface area contributed by atoms with Gasteiger partial charge < -0.3 is 10.5 Å². The molecule has 0 aromatic heterocycles. The predicted molar refractivity (Wildman–Crippen MR) is 85.5 cm³/mol. The van der Waals surface area contributed by atoms with E-state index in [-0.39, 0.29) is 5.92 Å². The quantitative estimate of drug-likeness (QED) is 0.851. The lowest BCUT2D eigenvalue weighted by Gasteiger charge is -2.19. The molecule has 7 heteroatoms. The first-order valence-electron chi connectivity index (χ1n) is 6.88. The molecule has 1 atom stereocenters. The van der Waals surface area contributed by atoms with Gasteiger partial charge in [0.05, 0.1) is 11.5 Å². The largest absolute Gasteiger partial charge is 0.384 e. The number of nitrogens with zero attached hydrogens (tertiary/aromatic N) is 1. The van der Waals surface area contributed by atoms with Gasteiger partial charge in [-0.2, -0.15) is 4.31 Å². The van der Waals surface area contributed by atoms with Crippen molar-refractivity contribution in [2.75, 3.05) is 26.8 Å². The van der Waals surface area contributed by atoms with E-state index in [9.17, 15) is 8.42 Å². The molecule has 0 aliphatic carbocycles. The summed E-state index contributed by atoms with van der Waals surface area (Å²) in [6.45, 7) is 3.77. The van der Waals surface area contributed by atoms with Crippen molar-refractivity contribution in [3.05, 3.63) is 27.7 Å². The second-order valence-corrected chi connectivity index (χ2v) is 8.14. The van der Waals surface area contributed by atoms with Crippen LogP contribution in [0.2, 0.25) is 0 Å². The molecule has 0 saturated carbocycles. The Labute approximate surface area is 134 Å². The average Bonchev–Trinajstić information content (AvgIpc) is 2.91. The minimum Gasteiger partial charge on any atom is -0.384 e. The van der Waals surface area contributed by atoms with Crippen LogP contribution in [0.1, 0.15) is 17.5 Å². The van der Waals surface area contributed by atoms with Gasteiger partial charge in [0.15, 0.2) is 0 Å². The van der Waals surface area contributed by atoms with Crippen LogP contribution < -0.4 is 5.73 Å². The highest BCUT2D eigenvalue weighted by molar-refractivity contribution is 9.10. The summed E-state index contributed by atoms with van der Waals surface area (Å²) in [7, 11) is -1.84. The standard InChI is InChI=1S/C14H21BrN2O3S/c1-10-13(15)5-12(7-16)6-14(10)21(18,19)17-4-3-11(8-17)9-20-2/h5-6,11H,3-4,7-9,16H2,1-2H3. The number of benzene rings is 1. The van der Waals surface area contributed by atoms with Gasteiger partial charge in [-0.25, -0.2) is 8.42 Å². The Kier molecular flexibility index (Phi) is 5.43. The Hall–Kier alpha value is -0.470. The molecular formula is C14H21BrN2O3S. The number of halogens is 1. The van der Waals surface area contributed by atoms with Crippen molar-refractivity contribution in [2.24, 2.45) is 11.7 Å². The van der Waals surface area contributed by atoms with Crippen LogP contribution in [-0.4, -0.2) is 39.5 Å². The lowest BCUT2D eigenvalue weighted by Crippen LogP contribution is -2.30. The molecule has 21 heavy (non-hydrogen) atoms. The molecule has 1 heterocycles. The third-order valence-corrected chi connectivity index (χ3v) is 6.68. The summed E-state index contributed by atoms with van der Waals surface area (Å²) in [5.41, 5.74) is 7.18. The first-order valence-corrected chi connectivity index (χ1v) is 9.11. The molecule has 1 aliphatic rings. The summed E-state index contributed by atoms with van der Waals surface area (Å²) in [6, 6.07) is 3.55. The first-order chi connectivity index (χ1) is 9.90. The highest BCUT2D eigenvalue weighted by Gasteiger charge is 2.33. The van der Waals surface area contributed by atoms with Gasteiger partial charge in [-0.15, -0.1) is 0 Å². The summed E-state index contributed by atoms with van der Waals surface area (Å²) in [5.74, 6) is 0.270. The van der Waals surface area contributed by atoms with Crippen molar-refractivity contribution in [3.8, 4) is 0 Å². The first kappa shape index (κ1) is 16.9. The zero-order valence-corrected chi connectivity index (χ0v) is 14.7. The Morgan fingerprint density at radius 3 is 2.81 bits per heavy atom. The van der Waals surface area contributed by atoms with Crippen molar-refractivity contribution >= 4 is 26.0 Å². The number of sulfonamides is 1. The maximum atomic E-state index is 12.8. The number of ether oxygens (including phenoxy) is 1. The van der Waals surface area contributed by atoms with Crippen molar-refractivity contribution in [1.82, 2.24) is 4.31 Å². The molecule has 1 aromatic rings. The van der Waals surface area contributed by atoms with Crippen LogP contribution in [0.15, 0.2) is 21.5 Å². The SMILES string of the molecule is COCC1CCN(S(=O)(=O)c2cc(CN)cc(Br)c2C)C1. The van der Waals surface area contributed by atoms with Crippen molar-refractivity contribution < 1.29 is 13.2 Å². The van der Waals surface area contributed by atoms with Crippen LogP contribution in [0.5, 0.6) is 0 Å². The Morgan fingerprint density at radius 1 is 1.48 bits per heavy atom. The zero-order valence-electron chi connectivity index (χ0n) is 12.3. The summed E-state index contributed by atoms with van der Waals surface area (Å²) in [6.07, 6.45) is 0.837. The maximum absolute atomic E-state index is 12.8. The fourth-order valence-corrected chi connectivity index (χ4v) is 5.09. The lowest BCUT2D eigenvalue weighted by molar-refractivity contribution is 0.157. The molecule has 1 aromatic carbocycles. The molecule has 2 rings (SSSR count). The van der Waals surface area contributed by atoms with E-state index in [1.54, 1.807) is 24.4 Å². The van der Waals surface area contributed by atoms with E-state index in [2.05, 4.69) is 15.9 Å². The van der Waals surface area contributed by atoms with Gasteiger partial charge in [-0.3, -0.25) is 0 Å². The summed E-state index contributed by atoms with van der Waals surface area (Å²) in [4.78, 5) is 0.343. The highest BCUT2D eigenvalue weighted by Crippen LogP contribution is 2.30. The summed E-state index contributed by atoms with van der Waals surface area (Å²) in [5, 5.41) is 0. The second-order valence-electron chi connectivity index (χ2n) is 5.38. The number of hydrogen-bond acceptors (Lipinski definition) is 4. The van der Waals surface area contributed by atoms with Gasteiger partial charge in [0, 0.05) is 31.2 Å². The minimum absolute atomic E-state index is 0.270. The van der Waals surface area contributed by atoms with Gasteiger partial charge in [0.2, 0.25) is 10.0 Å². The molecule has 0 spiro atoms. The summed E-state index contributed by atoms with van der Waals surface area (Å²) >= 11 is 3.42. The monoisotopic (exact) mass is 376 g/mol. The van der Waals surface area contributed by atoms with Crippen LogP contribution in [0, 0.1) is 12.8 Å². The smallest absolute Gasteiger partial charge is 0.243 e. The van der Waals surface area contributed by atoms with Crippen molar-refractivity contribution in [3.63, 3.8) is 0 Å². The van der Waals surface area contributed by atoms with E-state index in [0.717, 1.165) is 22.0 Å². The zero-order chi connectivity index (χ0) is 15.6. The van der Waals surface area contributed by atoms with Crippen LogP contribution in [0.4, 0.5) is 0 Å². The fraction of sp³-hybridized carbons (Fsp3) is 0.571. The topological polar surface area (TPSA) is 72.6 Å². The van der Waals surface area contributed by atoms with Gasteiger partial charge in [-0.1, -0.05) is 15.9 Å². The normalized spacial score (nSPS) is 20.1. The highest BCUT2D eigenvalue weighted by atomic mass is 79.9. The lowest BCUT2D eigenvalue weighted by atomic mass is 10.1. The second kappa shape index (κ2) is 6.75. The molecule has 0 radical (unpaired) electrons. The molecule has 5 nitrogen and oxygen atoms in total. The van der Waals surface area contributed by atoms with Crippen LogP contribution in [0.3, 0.4) is 0 Å². The molecule has 1 unspecified atom stereocenters.